The molecule has 1 aromatic rings. The Labute approximate surface area is 93.7 Å². The first-order chi connectivity index (χ1) is 7.54. The number of carbonyl (C=O) groups excluding carboxylic acids is 2. The summed E-state index contributed by atoms with van der Waals surface area (Å²) in [4.78, 5) is 22.0. The fourth-order valence-electron chi connectivity index (χ4n) is 1.29. The van der Waals surface area contributed by atoms with Gasteiger partial charge in [0.05, 0.1) is 12.7 Å². The molecule has 0 heterocycles. The lowest BCUT2D eigenvalue weighted by molar-refractivity contribution is -0.113. The second-order valence-electron chi connectivity index (χ2n) is 3.32. The Morgan fingerprint density at radius 3 is 2.62 bits per heavy atom. The Morgan fingerprint density at radius 1 is 1.38 bits per heavy atom. The summed E-state index contributed by atoms with van der Waals surface area (Å²) in [7, 11) is 1.31. The molecule has 2 N–H and O–H groups in total. The maximum absolute atomic E-state index is 11.4. The number of hydrogen-bond acceptors (Lipinski definition) is 3. The van der Waals surface area contributed by atoms with Crippen LogP contribution in [0.4, 0.5) is 0 Å². The Balaban J connectivity index is 3.18. The van der Waals surface area contributed by atoms with Gasteiger partial charge in [0.1, 0.15) is 0 Å². The highest BCUT2D eigenvalue weighted by Gasteiger charge is 2.09. The summed E-state index contributed by atoms with van der Waals surface area (Å²) in [6, 6.07) is 5.24. The number of carbonyl (C=O) groups is 2. The van der Waals surface area contributed by atoms with Gasteiger partial charge in [0.25, 0.3) is 0 Å². The number of esters is 1. The molecule has 1 aromatic carbocycles. The van der Waals surface area contributed by atoms with Crippen molar-refractivity contribution < 1.29 is 14.3 Å². The third-order valence-corrected chi connectivity index (χ3v) is 2.04. The molecule has 0 radical (unpaired) electrons. The SMILES string of the molecule is COC(=O)c1ccc(C)cc1C=CC(N)=O. The number of methoxy groups -OCH3 is 1. The summed E-state index contributed by atoms with van der Waals surface area (Å²) in [6.45, 7) is 1.89. The van der Waals surface area contributed by atoms with E-state index in [0.29, 0.717) is 11.1 Å². The minimum atomic E-state index is -0.558. The lowest BCUT2D eigenvalue weighted by atomic mass is 10.0. The van der Waals surface area contributed by atoms with E-state index < -0.39 is 11.9 Å². The topological polar surface area (TPSA) is 69.4 Å². The van der Waals surface area contributed by atoms with Crippen molar-refractivity contribution in [3.8, 4) is 0 Å². The molecule has 0 fully saturated rings. The quantitative estimate of drug-likeness (QED) is 0.615. The maximum atomic E-state index is 11.4. The number of ether oxygens (including phenoxy) is 1. The van der Waals surface area contributed by atoms with Crippen LogP contribution in [0.1, 0.15) is 21.5 Å². The summed E-state index contributed by atoms with van der Waals surface area (Å²) in [5.74, 6) is -0.999. The largest absolute Gasteiger partial charge is 0.465 e. The van der Waals surface area contributed by atoms with Crippen molar-refractivity contribution in [1.82, 2.24) is 0 Å². The molecule has 0 spiro atoms. The summed E-state index contributed by atoms with van der Waals surface area (Å²) in [5.41, 5.74) is 7.00. The predicted molar refractivity (Wildman–Crippen MR) is 60.7 cm³/mol. The molecular weight excluding hydrogens is 206 g/mol. The fourth-order valence-corrected chi connectivity index (χ4v) is 1.29. The second-order valence-corrected chi connectivity index (χ2v) is 3.32. The normalized spacial score (nSPS) is 10.4. The van der Waals surface area contributed by atoms with Crippen LogP contribution in [0.2, 0.25) is 0 Å². The van der Waals surface area contributed by atoms with Gasteiger partial charge in [-0.05, 0) is 24.6 Å². The van der Waals surface area contributed by atoms with Gasteiger partial charge in [-0.3, -0.25) is 4.79 Å². The molecular formula is C12H13NO3. The van der Waals surface area contributed by atoms with E-state index in [4.69, 9.17) is 5.73 Å². The van der Waals surface area contributed by atoms with Gasteiger partial charge in [0, 0.05) is 6.08 Å². The van der Waals surface area contributed by atoms with E-state index in [1.165, 1.54) is 19.3 Å². The van der Waals surface area contributed by atoms with Gasteiger partial charge in [-0.1, -0.05) is 17.7 Å². The average Bonchev–Trinajstić information content (AvgIpc) is 2.25. The molecule has 84 valence electrons. The number of benzene rings is 1. The maximum Gasteiger partial charge on any atom is 0.338 e. The van der Waals surface area contributed by atoms with Gasteiger partial charge in [-0.25, -0.2) is 4.79 Å². The first kappa shape index (κ1) is 12.0. The molecule has 0 aliphatic rings. The van der Waals surface area contributed by atoms with Gasteiger partial charge < -0.3 is 10.5 Å². The Morgan fingerprint density at radius 2 is 2.06 bits per heavy atom. The lowest BCUT2D eigenvalue weighted by Gasteiger charge is -2.04. The lowest BCUT2D eigenvalue weighted by Crippen LogP contribution is -2.07. The van der Waals surface area contributed by atoms with Crippen molar-refractivity contribution in [3.05, 3.63) is 41.0 Å². The predicted octanol–water partition coefficient (Wildman–Crippen LogP) is 1.28. The van der Waals surface area contributed by atoms with Crippen molar-refractivity contribution >= 4 is 18.0 Å². The molecule has 0 saturated carbocycles. The third kappa shape index (κ3) is 2.95. The highest BCUT2D eigenvalue weighted by Crippen LogP contribution is 2.14. The Bertz CT molecular complexity index is 450. The molecule has 0 aliphatic heterocycles. The molecule has 0 aromatic heterocycles. The zero-order valence-corrected chi connectivity index (χ0v) is 9.19. The number of hydrogen-bond donors (Lipinski definition) is 1. The van der Waals surface area contributed by atoms with Crippen LogP contribution in [-0.2, 0) is 9.53 Å². The number of primary amides is 1. The highest BCUT2D eigenvalue weighted by molar-refractivity contribution is 5.96. The second kappa shape index (κ2) is 5.11. The number of amides is 1. The minimum Gasteiger partial charge on any atom is -0.465 e. The van der Waals surface area contributed by atoms with Crippen LogP contribution in [0.25, 0.3) is 6.08 Å². The molecule has 16 heavy (non-hydrogen) atoms. The molecule has 1 rings (SSSR count). The third-order valence-electron chi connectivity index (χ3n) is 2.04. The number of rotatable bonds is 3. The summed E-state index contributed by atoms with van der Waals surface area (Å²) >= 11 is 0. The van der Waals surface area contributed by atoms with Crippen LogP contribution in [0, 0.1) is 6.92 Å². The van der Waals surface area contributed by atoms with Gasteiger partial charge >= 0.3 is 5.97 Å². The van der Waals surface area contributed by atoms with Crippen LogP contribution in [0.5, 0.6) is 0 Å². The van der Waals surface area contributed by atoms with Crippen molar-refractivity contribution in [3.63, 3.8) is 0 Å². The van der Waals surface area contributed by atoms with Crippen molar-refractivity contribution in [2.24, 2.45) is 5.73 Å². The average molecular weight is 219 g/mol. The Kier molecular flexibility index (Phi) is 3.83. The summed E-state index contributed by atoms with van der Waals surface area (Å²) in [5, 5.41) is 0. The highest BCUT2D eigenvalue weighted by atomic mass is 16.5. The standard InChI is InChI=1S/C12H13NO3/c1-8-3-5-10(12(15)16-2)9(7-8)4-6-11(13)14/h3-7H,1-2H3,(H2,13,14). The van der Waals surface area contributed by atoms with E-state index in [-0.39, 0.29) is 0 Å². The first-order valence-electron chi connectivity index (χ1n) is 4.71. The molecule has 4 heteroatoms. The number of aryl methyl sites for hydroxylation is 1. The molecule has 0 saturated heterocycles. The molecule has 0 unspecified atom stereocenters. The molecule has 0 aliphatic carbocycles. The van der Waals surface area contributed by atoms with Crippen LogP contribution < -0.4 is 5.73 Å². The van der Waals surface area contributed by atoms with E-state index >= 15 is 0 Å². The van der Waals surface area contributed by atoms with Crippen LogP contribution in [0.3, 0.4) is 0 Å². The zero-order chi connectivity index (χ0) is 12.1. The summed E-state index contributed by atoms with van der Waals surface area (Å²) in [6.07, 6.45) is 2.71. The number of nitrogens with two attached hydrogens (primary N) is 1. The van der Waals surface area contributed by atoms with E-state index in [1.54, 1.807) is 18.2 Å². The first-order valence-corrected chi connectivity index (χ1v) is 4.71. The van der Waals surface area contributed by atoms with Crippen molar-refractivity contribution in [2.75, 3.05) is 7.11 Å². The van der Waals surface area contributed by atoms with Crippen LogP contribution in [-0.4, -0.2) is 19.0 Å². The van der Waals surface area contributed by atoms with Gasteiger partial charge in [0.2, 0.25) is 5.91 Å². The van der Waals surface area contributed by atoms with Crippen molar-refractivity contribution in [2.45, 2.75) is 6.92 Å². The molecule has 0 atom stereocenters. The van der Waals surface area contributed by atoms with Gasteiger partial charge in [-0.2, -0.15) is 0 Å². The van der Waals surface area contributed by atoms with Gasteiger partial charge in [-0.15, -0.1) is 0 Å². The zero-order valence-electron chi connectivity index (χ0n) is 9.19. The van der Waals surface area contributed by atoms with E-state index in [0.717, 1.165) is 5.56 Å². The van der Waals surface area contributed by atoms with Crippen LogP contribution >= 0.6 is 0 Å². The fraction of sp³-hybridized carbons (Fsp3) is 0.167. The Hall–Kier alpha value is -2.10. The molecule has 0 bridgehead atoms. The van der Waals surface area contributed by atoms with Crippen molar-refractivity contribution in [1.29, 1.82) is 0 Å². The molecule has 1 amide bonds. The smallest absolute Gasteiger partial charge is 0.338 e. The summed E-state index contributed by atoms with van der Waals surface area (Å²) < 4.78 is 4.63. The van der Waals surface area contributed by atoms with Gasteiger partial charge in [0.15, 0.2) is 0 Å². The monoisotopic (exact) mass is 219 g/mol. The minimum absolute atomic E-state index is 0.408. The molecule has 4 nitrogen and oxygen atoms in total. The van der Waals surface area contributed by atoms with Crippen LogP contribution in [0.15, 0.2) is 24.3 Å². The van der Waals surface area contributed by atoms with E-state index in [1.807, 2.05) is 6.92 Å². The van der Waals surface area contributed by atoms with E-state index in [9.17, 15) is 9.59 Å². The van der Waals surface area contributed by atoms with E-state index in [2.05, 4.69) is 4.74 Å².